The van der Waals surface area contributed by atoms with Crippen LogP contribution in [0.1, 0.15) is 30.3 Å². The minimum atomic E-state index is -0.159. The Morgan fingerprint density at radius 2 is 2.13 bits per heavy atom. The summed E-state index contributed by atoms with van der Waals surface area (Å²) in [6.45, 7) is 4.06. The van der Waals surface area contributed by atoms with Gasteiger partial charge in [0.1, 0.15) is 6.04 Å². The lowest BCUT2D eigenvalue weighted by Gasteiger charge is -2.20. The van der Waals surface area contributed by atoms with Gasteiger partial charge in [-0.1, -0.05) is 0 Å². The van der Waals surface area contributed by atoms with Crippen LogP contribution in [-0.4, -0.2) is 27.5 Å². The van der Waals surface area contributed by atoms with Crippen molar-refractivity contribution >= 4 is 0 Å². The molecule has 0 aliphatic carbocycles. The molecule has 0 saturated carbocycles. The predicted molar refractivity (Wildman–Crippen MR) is 57.1 cm³/mol. The Balaban J connectivity index is 2.27. The minimum Gasteiger partial charge on any atom is -0.338 e. The van der Waals surface area contributed by atoms with Gasteiger partial charge in [-0.05, 0) is 32.9 Å². The van der Waals surface area contributed by atoms with Gasteiger partial charge in [0.05, 0.1) is 18.1 Å². The van der Waals surface area contributed by atoms with E-state index in [-0.39, 0.29) is 6.04 Å². The molecule has 2 rings (SSSR count). The predicted octanol–water partition coefficient (Wildman–Crippen LogP) is 1.39. The van der Waals surface area contributed by atoms with E-state index in [4.69, 9.17) is 0 Å². The molecule has 0 N–H and O–H groups in total. The van der Waals surface area contributed by atoms with Crippen molar-refractivity contribution < 1.29 is 0 Å². The van der Waals surface area contributed by atoms with Crippen molar-refractivity contribution in [1.82, 2.24) is 14.5 Å². The van der Waals surface area contributed by atoms with E-state index in [0.29, 0.717) is 0 Å². The van der Waals surface area contributed by atoms with Crippen molar-refractivity contribution in [3.63, 3.8) is 0 Å². The number of hydrogen-bond acceptors (Lipinski definition) is 3. The van der Waals surface area contributed by atoms with Gasteiger partial charge in [-0.25, -0.2) is 4.98 Å². The first-order valence-electron chi connectivity index (χ1n) is 5.35. The van der Waals surface area contributed by atoms with Gasteiger partial charge in [0.2, 0.25) is 0 Å². The third-order valence-electron chi connectivity index (χ3n) is 3.16. The fourth-order valence-electron chi connectivity index (χ4n) is 2.09. The van der Waals surface area contributed by atoms with Crippen molar-refractivity contribution in [3.05, 3.63) is 17.7 Å². The van der Waals surface area contributed by atoms with Crippen molar-refractivity contribution in [2.45, 2.75) is 25.8 Å². The molecule has 4 nitrogen and oxygen atoms in total. The van der Waals surface area contributed by atoms with E-state index in [1.165, 1.54) is 12.8 Å². The Hall–Kier alpha value is -1.34. The lowest BCUT2D eigenvalue weighted by molar-refractivity contribution is 0.289. The smallest absolute Gasteiger partial charge is 0.142 e. The van der Waals surface area contributed by atoms with Gasteiger partial charge in [0.25, 0.3) is 0 Å². The quantitative estimate of drug-likeness (QED) is 0.731. The summed E-state index contributed by atoms with van der Waals surface area (Å²) in [5, 5.41) is 9.23. The van der Waals surface area contributed by atoms with Crippen LogP contribution in [0, 0.1) is 18.3 Å². The molecular formula is C11H16N4. The number of aromatic nitrogens is 2. The molecule has 15 heavy (non-hydrogen) atoms. The Kier molecular flexibility index (Phi) is 2.74. The molecule has 1 aliphatic heterocycles. The third-order valence-corrected chi connectivity index (χ3v) is 3.16. The fraction of sp³-hybridized carbons (Fsp3) is 0.636. The molecule has 0 bridgehead atoms. The first-order valence-corrected chi connectivity index (χ1v) is 5.35. The van der Waals surface area contributed by atoms with Crippen LogP contribution in [0.3, 0.4) is 0 Å². The summed E-state index contributed by atoms with van der Waals surface area (Å²) < 4.78 is 1.97. The molecule has 0 aromatic carbocycles. The maximum absolute atomic E-state index is 9.23. The monoisotopic (exact) mass is 204 g/mol. The Morgan fingerprint density at radius 3 is 2.60 bits per heavy atom. The van der Waals surface area contributed by atoms with Crippen LogP contribution in [0.2, 0.25) is 0 Å². The second kappa shape index (κ2) is 4.03. The first-order chi connectivity index (χ1) is 7.24. The lowest BCUT2D eigenvalue weighted by Crippen LogP contribution is -2.25. The van der Waals surface area contributed by atoms with Gasteiger partial charge in [0, 0.05) is 12.7 Å². The van der Waals surface area contributed by atoms with Crippen LogP contribution in [0.4, 0.5) is 0 Å². The van der Waals surface area contributed by atoms with Crippen molar-refractivity contribution in [3.8, 4) is 6.07 Å². The summed E-state index contributed by atoms with van der Waals surface area (Å²) in [6, 6.07) is 2.21. The summed E-state index contributed by atoms with van der Waals surface area (Å²) in [6.07, 6.45) is 4.18. The van der Waals surface area contributed by atoms with Crippen LogP contribution in [0.15, 0.2) is 6.33 Å². The van der Waals surface area contributed by atoms with E-state index in [1.54, 1.807) is 6.33 Å². The van der Waals surface area contributed by atoms with E-state index >= 15 is 0 Å². The van der Waals surface area contributed by atoms with E-state index < -0.39 is 0 Å². The average Bonchev–Trinajstić information content (AvgIpc) is 2.84. The summed E-state index contributed by atoms with van der Waals surface area (Å²) in [5.74, 6) is 0. The topological polar surface area (TPSA) is 44.9 Å². The van der Waals surface area contributed by atoms with Crippen LogP contribution in [-0.2, 0) is 7.05 Å². The highest BCUT2D eigenvalue weighted by atomic mass is 15.2. The van der Waals surface area contributed by atoms with Crippen LogP contribution in [0.25, 0.3) is 0 Å². The number of likely N-dealkylation sites (tertiary alicyclic amines) is 1. The largest absolute Gasteiger partial charge is 0.338 e. The SMILES string of the molecule is Cc1c(C(C#N)N2CCCC2)ncn1C. The number of imidazole rings is 1. The molecular weight excluding hydrogens is 188 g/mol. The molecule has 1 aromatic rings. The Morgan fingerprint density at radius 1 is 1.47 bits per heavy atom. The third kappa shape index (κ3) is 1.75. The average molecular weight is 204 g/mol. The standard InChI is InChI=1S/C11H16N4/c1-9-11(13-8-14(9)2)10(7-12)15-5-3-4-6-15/h8,10H,3-6H2,1-2H3. The molecule has 80 valence electrons. The molecule has 0 amide bonds. The van der Waals surface area contributed by atoms with E-state index in [9.17, 15) is 5.26 Å². The van der Waals surface area contributed by atoms with Gasteiger partial charge in [-0.2, -0.15) is 5.26 Å². The Labute approximate surface area is 90.1 Å². The van der Waals surface area contributed by atoms with Crippen LogP contribution in [0.5, 0.6) is 0 Å². The molecule has 4 heteroatoms. The summed E-state index contributed by atoms with van der Waals surface area (Å²) in [4.78, 5) is 6.55. The van der Waals surface area contributed by atoms with Crippen molar-refractivity contribution in [1.29, 1.82) is 5.26 Å². The van der Waals surface area contributed by atoms with Crippen LogP contribution < -0.4 is 0 Å². The highest BCUT2D eigenvalue weighted by molar-refractivity contribution is 5.21. The van der Waals surface area contributed by atoms with E-state index in [0.717, 1.165) is 24.5 Å². The fourth-order valence-corrected chi connectivity index (χ4v) is 2.09. The number of rotatable bonds is 2. The maximum atomic E-state index is 9.23. The lowest BCUT2D eigenvalue weighted by atomic mass is 10.1. The number of aryl methyl sites for hydroxylation is 1. The zero-order valence-corrected chi connectivity index (χ0v) is 9.27. The van der Waals surface area contributed by atoms with Gasteiger partial charge in [0.15, 0.2) is 0 Å². The molecule has 1 aromatic heterocycles. The second-order valence-electron chi connectivity index (χ2n) is 4.10. The zero-order valence-electron chi connectivity index (χ0n) is 9.27. The van der Waals surface area contributed by atoms with Gasteiger partial charge < -0.3 is 4.57 Å². The highest BCUT2D eigenvalue weighted by Gasteiger charge is 2.26. The first kappa shape index (κ1) is 10.2. The van der Waals surface area contributed by atoms with E-state index in [2.05, 4.69) is 16.0 Å². The second-order valence-corrected chi connectivity index (χ2v) is 4.10. The minimum absolute atomic E-state index is 0.159. The van der Waals surface area contributed by atoms with Gasteiger partial charge in [-0.3, -0.25) is 4.90 Å². The number of hydrogen-bond donors (Lipinski definition) is 0. The zero-order chi connectivity index (χ0) is 10.8. The van der Waals surface area contributed by atoms with Crippen molar-refractivity contribution in [2.75, 3.05) is 13.1 Å². The molecule has 2 heterocycles. The van der Waals surface area contributed by atoms with Crippen molar-refractivity contribution in [2.24, 2.45) is 7.05 Å². The molecule has 1 fully saturated rings. The summed E-state index contributed by atoms with van der Waals surface area (Å²) >= 11 is 0. The Bertz CT molecular complexity index is 382. The van der Waals surface area contributed by atoms with Crippen LogP contribution >= 0.6 is 0 Å². The summed E-state index contributed by atoms with van der Waals surface area (Å²) in [7, 11) is 1.96. The molecule has 1 unspecified atom stereocenters. The van der Waals surface area contributed by atoms with E-state index in [1.807, 2.05) is 18.5 Å². The molecule has 1 aliphatic rings. The van der Waals surface area contributed by atoms with Gasteiger partial charge >= 0.3 is 0 Å². The number of nitrogens with zero attached hydrogens (tertiary/aromatic N) is 4. The van der Waals surface area contributed by atoms with Gasteiger partial charge in [-0.15, -0.1) is 0 Å². The summed E-state index contributed by atoms with van der Waals surface area (Å²) in [5.41, 5.74) is 2.01. The molecule has 1 saturated heterocycles. The molecule has 0 radical (unpaired) electrons. The molecule has 0 spiro atoms. The molecule has 1 atom stereocenters. The maximum Gasteiger partial charge on any atom is 0.142 e. The highest BCUT2D eigenvalue weighted by Crippen LogP contribution is 2.25. The number of nitriles is 1. The normalized spacial score (nSPS) is 19.0.